The fourth-order valence-corrected chi connectivity index (χ4v) is 2.50. The predicted octanol–water partition coefficient (Wildman–Crippen LogP) is 3.49. The number of nitrogen functional groups attached to an aromatic ring is 1. The third-order valence-corrected chi connectivity index (χ3v) is 4.01. The van der Waals surface area contributed by atoms with E-state index in [1.54, 1.807) is 19.1 Å². The van der Waals surface area contributed by atoms with Crippen LogP contribution < -0.4 is 10.5 Å². The standard InChI is InChI=1S/C18H16BrN3O3/c1-11(25-13-8-6-12(19)7-9-13)18(23)24-10-16-21-15-5-3-2-4-14(15)17(20)22-16/h2-9,11H,10H2,1H3,(H2,20,21,22). The fraction of sp³-hybridized carbons (Fsp3) is 0.167. The summed E-state index contributed by atoms with van der Waals surface area (Å²) in [5, 5.41) is 0.768. The number of rotatable bonds is 5. The van der Waals surface area contributed by atoms with Crippen LogP contribution in [0.15, 0.2) is 53.0 Å². The van der Waals surface area contributed by atoms with Gasteiger partial charge in [0.2, 0.25) is 0 Å². The van der Waals surface area contributed by atoms with E-state index in [1.165, 1.54) is 0 Å². The van der Waals surface area contributed by atoms with E-state index in [-0.39, 0.29) is 6.61 Å². The maximum Gasteiger partial charge on any atom is 0.347 e. The van der Waals surface area contributed by atoms with E-state index in [4.69, 9.17) is 15.2 Å². The lowest BCUT2D eigenvalue weighted by molar-refractivity contribution is -0.152. The topological polar surface area (TPSA) is 87.3 Å². The molecule has 0 bridgehead atoms. The maximum absolute atomic E-state index is 12.1. The lowest BCUT2D eigenvalue weighted by Crippen LogP contribution is -2.26. The Labute approximate surface area is 153 Å². The van der Waals surface area contributed by atoms with E-state index >= 15 is 0 Å². The van der Waals surface area contributed by atoms with Crippen LogP contribution in [0.5, 0.6) is 5.75 Å². The summed E-state index contributed by atoms with van der Waals surface area (Å²) in [6.07, 6.45) is -0.751. The second kappa shape index (κ2) is 7.48. The van der Waals surface area contributed by atoms with Gasteiger partial charge in [-0.2, -0.15) is 0 Å². The summed E-state index contributed by atoms with van der Waals surface area (Å²) < 4.78 is 11.7. The van der Waals surface area contributed by atoms with Gasteiger partial charge in [-0.05, 0) is 43.3 Å². The number of aromatic nitrogens is 2. The van der Waals surface area contributed by atoms with Crippen LogP contribution in [0.4, 0.5) is 5.82 Å². The van der Waals surface area contributed by atoms with Crippen LogP contribution in [0.25, 0.3) is 10.9 Å². The van der Waals surface area contributed by atoms with Gasteiger partial charge >= 0.3 is 5.97 Å². The van der Waals surface area contributed by atoms with E-state index in [2.05, 4.69) is 25.9 Å². The van der Waals surface area contributed by atoms with Crippen molar-refractivity contribution in [3.8, 4) is 5.75 Å². The number of benzene rings is 2. The number of halogens is 1. The minimum atomic E-state index is -0.751. The van der Waals surface area contributed by atoms with E-state index in [9.17, 15) is 4.79 Å². The van der Waals surface area contributed by atoms with Gasteiger partial charge in [0, 0.05) is 9.86 Å². The van der Waals surface area contributed by atoms with Crippen molar-refractivity contribution in [3.05, 3.63) is 58.8 Å². The summed E-state index contributed by atoms with van der Waals surface area (Å²) in [6, 6.07) is 14.6. The Morgan fingerprint density at radius 1 is 1.16 bits per heavy atom. The van der Waals surface area contributed by atoms with Crippen LogP contribution in [0.1, 0.15) is 12.7 Å². The zero-order valence-corrected chi connectivity index (χ0v) is 15.1. The number of carbonyl (C=O) groups excluding carboxylic acids is 1. The first kappa shape index (κ1) is 17.2. The summed E-state index contributed by atoms with van der Waals surface area (Å²) in [5.41, 5.74) is 6.63. The number of nitrogens with two attached hydrogens (primary N) is 1. The molecule has 0 spiro atoms. The van der Waals surface area contributed by atoms with E-state index in [1.807, 2.05) is 36.4 Å². The number of esters is 1. The molecule has 6 nitrogen and oxygen atoms in total. The molecular weight excluding hydrogens is 386 g/mol. The lowest BCUT2D eigenvalue weighted by Gasteiger charge is -2.14. The molecule has 0 radical (unpaired) electrons. The molecule has 7 heteroatoms. The average Bonchev–Trinajstić information content (AvgIpc) is 2.61. The summed E-state index contributed by atoms with van der Waals surface area (Å²) in [4.78, 5) is 20.6. The smallest absolute Gasteiger partial charge is 0.347 e. The SMILES string of the molecule is CC(Oc1ccc(Br)cc1)C(=O)OCc1nc(N)c2ccccc2n1. The Hall–Kier alpha value is -2.67. The predicted molar refractivity (Wildman–Crippen MR) is 98.0 cm³/mol. The Balaban J connectivity index is 1.62. The Bertz CT molecular complexity index is 900. The van der Waals surface area contributed by atoms with Crippen molar-refractivity contribution < 1.29 is 14.3 Å². The highest BCUT2D eigenvalue weighted by atomic mass is 79.9. The maximum atomic E-state index is 12.1. The molecule has 3 aromatic rings. The van der Waals surface area contributed by atoms with Gasteiger partial charge in [0.1, 0.15) is 11.6 Å². The van der Waals surface area contributed by atoms with Gasteiger partial charge < -0.3 is 15.2 Å². The van der Waals surface area contributed by atoms with Gasteiger partial charge in [0.05, 0.1) is 5.52 Å². The van der Waals surface area contributed by atoms with Crippen LogP contribution >= 0.6 is 15.9 Å². The van der Waals surface area contributed by atoms with Crippen LogP contribution in [-0.4, -0.2) is 22.0 Å². The summed E-state index contributed by atoms with van der Waals surface area (Å²) in [5.74, 6) is 0.785. The summed E-state index contributed by atoms with van der Waals surface area (Å²) in [6.45, 7) is 1.56. The van der Waals surface area contributed by atoms with Crippen molar-refractivity contribution in [1.29, 1.82) is 0 Å². The number of fused-ring (bicyclic) bond motifs is 1. The van der Waals surface area contributed by atoms with Gasteiger partial charge in [-0.15, -0.1) is 0 Å². The molecule has 0 aliphatic heterocycles. The Morgan fingerprint density at radius 2 is 1.88 bits per heavy atom. The molecule has 25 heavy (non-hydrogen) atoms. The molecular formula is C18H16BrN3O3. The minimum Gasteiger partial charge on any atom is -0.479 e. The third-order valence-electron chi connectivity index (χ3n) is 3.48. The quantitative estimate of drug-likeness (QED) is 0.658. The van der Waals surface area contributed by atoms with Gasteiger partial charge in [-0.1, -0.05) is 28.1 Å². The molecule has 128 valence electrons. The lowest BCUT2D eigenvalue weighted by atomic mass is 10.2. The number of nitrogens with zero attached hydrogens (tertiary/aromatic N) is 2. The number of anilines is 1. The molecule has 0 saturated carbocycles. The number of hydrogen-bond acceptors (Lipinski definition) is 6. The van der Waals surface area contributed by atoms with Crippen molar-refractivity contribution >= 4 is 38.6 Å². The van der Waals surface area contributed by atoms with E-state index in [0.29, 0.717) is 22.9 Å². The van der Waals surface area contributed by atoms with Crippen LogP contribution in [0.2, 0.25) is 0 Å². The van der Waals surface area contributed by atoms with Crippen LogP contribution in [-0.2, 0) is 16.1 Å². The first-order chi connectivity index (χ1) is 12.0. The molecule has 0 amide bonds. The van der Waals surface area contributed by atoms with Crippen molar-refractivity contribution in [2.24, 2.45) is 0 Å². The number of para-hydroxylation sites is 1. The zero-order chi connectivity index (χ0) is 17.8. The van der Waals surface area contributed by atoms with E-state index in [0.717, 1.165) is 9.86 Å². The molecule has 1 unspecified atom stereocenters. The van der Waals surface area contributed by atoms with Gasteiger partial charge in [-0.3, -0.25) is 0 Å². The molecule has 2 aromatic carbocycles. The van der Waals surface area contributed by atoms with Crippen LogP contribution in [0.3, 0.4) is 0 Å². The second-order valence-corrected chi connectivity index (χ2v) is 6.28. The van der Waals surface area contributed by atoms with Crippen molar-refractivity contribution in [3.63, 3.8) is 0 Å². The first-order valence-electron chi connectivity index (χ1n) is 7.63. The molecule has 0 aliphatic carbocycles. The average molecular weight is 402 g/mol. The second-order valence-electron chi connectivity index (χ2n) is 5.36. The van der Waals surface area contributed by atoms with Gasteiger partial charge in [0.15, 0.2) is 18.5 Å². The highest BCUT2D eigenvalue weighted by Crippen LogP contribution is 2.19. The largest absolute Gasteiger partial charge is 0.479 e. The summed E-state index contributed by atoms with van der Waals surface area (Å²) in [7, 11) is 0. The van der Waals surface area contributed by atoms with E-state index < -0.39 is 12.1 Å². The number of ether oxygens (including phenoxy) is 2. The zero-order valence-electron chi connectivity index (χ0n) is 13.5. The van der Waals surface area contributed by atoms with Crippen molar-refractivity contribution in [2.45, 2.75) is 19.6 Å². The monoisotopic (exact) mass is 401 g/mol. The van der Waals surface area contributed by atoms with Crippen molar-refractivity contribution in [2.75, 3.05) is 5.73 Å². The molecule has 1 atom stereocenters. The molecule has 1 heterocycles. The summed E-state index contributed by atoms with van der Waals surface area (Å²) >= 11 is 3.34. The van der Waals surface area contributed by atoms with Crippen molar-refractivity contribution in [1.82, 2.24) is 9.97 Å². The molecule has 2 N–H and O–H groups in total. The van der Waals surface area contributed by atoms with Gasteiger partial charge in [-0.25, -0.2) is 14.8 Å². The Morgan fingerprint density at radius 3 is 2.64 bits per heavy atom. The fourth-order valence-electron chi connectivity index (χ4n) is 2.23. The first-order valence-corrected chi connectivity index (χ1v) is 8.42. The number of hydrogen-bond donors (Lipinski definition) is 1. The van der Waals surface area contributed by atoms with Crippen LogP contribution in [0, 0.1) is 0 Å². The normalized spacial score (nSPS) is 11.9. The molecule has 0 fully saturated rings. The minimum absolute atomic E-state index is 0.0676. The third kappa shape index (κ3) is 4.24. The number of carbonyl (C=O) groups is 1. The highest BCUT2D eigenvalue weighted by Gasteiger charge is 2.17. The molecule has 0 saturated heterocycles. The molecule has 0 aliphatic rings. The van der Waals surface area contributed by atoms with Gasteiger partial charge in [0.25, 0.3) is 0 Å². The highest BCUT2D eigenvalue weighted by molar-refractivity contribution is 9.10. The molecule has 1 aromatic heterocycles. The molecule has 3 rings (SSSR count). The Kier molecular flexibility index (Phi) is 5.14.